The van der Waals surface area contributed by atoms with Crippen molar-refractivity contribution in [3.8, 4) is 0 Å². The van der Waals surface area contributed by atoms with Gasteiger partial charge in [-0.1, -0.05) is 12.1 Å². The fraction of sp³-hybridized carbons (Fsp3) is 0.462. The summed E-state index contributed by atoms with van der Waals surface area (Å²) in [7, 11) is -2.29. The van der Waals surface area contributed by atoms with Crippen molar-refractivity contribution in [3.05, 3.63) is 35.4 Å². The topological polar surface area (TPSA) is 69.7 Å². The number of carbonyl (C=O) groups excluding carboxylic acids is 1. The summed E-state index contributed by atoms with van der Waals surface area (Å²) in [5, 5.41) is 0. The smallest absolute Gasteiger partial charge is 0.416 e. The Bertz CT molecular complexity index is 593. The average Bonchev–Trinajstić information content (AvgIpc) is 2.42. The summed E-state index contributed by atoms with van der Waals surface area (Å²) in [5.41, 5.74) is -0.486. The first-order chi connectivity index (χ1) is 10.1. The van der Waals surface area contributed by atoms with Crippen LogP contribution in [0, 0.1) is 0 Å². The van der Waals surface area contributed by atoms with Gasteiger partial charge in [-0.2, -0.15) is 13.2 Å². The molecule has 0 unspecified atom stereocenters. The molecule has 22 heavy (non-hydrogen) atoms. The molecule has 5 nitrogen and oxygen atoms in total. The molecule has 0 amide bonds. The molecule has 0 aromatic heterocycles. The molecule has 0 aliphatic carbocycles. The number of alkyl halides is 3. The van der Waals surface area contributed by atoms with Gasteiger partial charge in [0.2, 0.25) is 0 Å². The molecule has 0 N–H and O–H groups in total. The van der Waals surface area contributed by atoms with Crippen LogP contribution in [0.3, 0.4) is 0 Å². The fourth-order valence-corrected chi connectivity index (χ4v) is 2.46. The summed E-state index contributed by atoms with van der Waals surface area (Å²) in [6.07, 6.45) is -4.44. The van der Waals surface area contributed by atoms with E-state index >= 15 is 0 Å². The maximum Gasteiger partial charge on any atom is 0.416 e. The lowest BCUT2D eigenvalue weighted by atomic mass is 10.1. The van der Waals surface area contributed by atoms with Crippen molar-refractivity contribution in [1.29, 1.82) is 0 Å². The molecular formula is C13H15F3O5S. The van der Waals surface area contributed by atoms with Crippen LogP contribution in [-0.4, -0.2) is 39.6 Å². The van der Waals surface area contributed by atoms with Gasteiger partial charge >= 0.3 is 12.1 Å². The standard InChI is InChI=1S/C13H15F3O5S/c1-20-6-7-22(18,19)9-12(17)21-8-10-2-4-11(5-3-10)13(14,15)16/h2-5H,6-9H2,1H3. The van der Waals surface area contributed by atoms with Crippen LogP contribution in [0.15, 0.2) is 24.3 Å². The number of rotatable bonds is 7. The summed E-state index contributed by atoms with van der Waals surface area (Å²) in [6.45, 7) is -0.328. The Kier molecular flexibility index (Phi) is 6.36. The first-order valence-electron chi connectivity index (χ1n) is 6.15. The van der Waals surface area contributed by atoms with Crippen molar-refractivity contribution in [2.75, 3.05) is 25.2 Å². The highest BCUT2D eigenvalue weighted by Gasteiger charge is 2.29. The number of halogens is 3. The largest absolute Gasteiger partial charge is 0.460 e. The number of esters is 1. The van der Waals surface area contributed by atoms with Crippen molar-refractivity contribution in [3.63, 3.8) is 0 Å². The van der Waals surface area contributed by atoms with Gasteiger partial charge in [0.15, 0.2) is 9.84 Å². The molecule has 0 saturated heterocycles. The van der Waals surface area contributed by atoms with Gasteiger partial charge in [-0.25, -0.2) is 8.42 Å². The van der Waals surface area contributed by atoms with E-state index in [-0.39, 0.29) is 19.0 Å². The van der Waals surface area contributed by atoms with Gasteiger partial charge < -0.3 is 9.47 Å². The van der Waals surface area contributed by atoms with Crippen molar-refractivity contribution in [2.45, 2.75) is 12.8 Å². The number of sulfone groups is 1. The quantitative estimate of drug-likeness (QED) is 0.708. The molecule has 9 heteroatoms. The van der Waals surface area contributed by atoms with Gasteiger partial charge in [-0.05, 0) is 17.7 Å². The first kappa shape index (κ1) is 18.4. The predicted molar refractivity (Wildman–Crippen MR) is 71.8 cm³/mol. The van der Waals surface area contributed by atoms with Crippen molar-refractivity contribution in [2.24, 2.45) is 0 Å². The molecule has 0 radical (unpaired) electrons. The molecule has 0 atom stereocenters. The van der Waals surface area contributed by atoms with E-state index in [9.17, 15) is 26.4 Å². The highest BCUT2D eigenvalue weighted by atomic mass is 32.2. The molecule has 0 saturated carbocycles. The van der Waals surface area contributed by atoms with E-state index in [0.717, 1.165) is 24.3 Å². The van der Waals surface area contributed by atoms with Gasteiger partial charge in [0.25, 0.3) is 0 Å². The van der Waals surface area contributed by atoms with Crippen LogP contribution in [-0.2, 0) is 36.9 Å². The van der Waals surface area contributed by atoms with Crippen molar-refractivity contribution >= 4 is 15.8 Å². The van der Waals surface area contributed by atoms with Crippen LogP contribution in [0.5, 0.6) is 0 Å². The van der Waals surface area contributed by atoms with Crippen LogP contribution in [0.25, 0.3) is 0 Å². The monoisotopic (exact) mass is 340 g/mol. The third-order valence-corrected chi connectivity index (χ3v) is 4.08. The lowest BCUT2D eigenvalue weighted by molar-refractivity contribution is -0.142. The third kappa shape index (κ3) is 6.44. The Balaban J connectivity index is 2.51. The highest BCUT2D eigenvalue weighted by molar-refractivity contribution is 7.92. The molecule has 0 aliphatic heterocycles. The number of hydrogen-bond donors (Lipinski definition) is 0. The van der Waals surface area contributed by atoms with Gasteiger partial charge in [0, 0.05) is 7.11 Å². The SMILES string of the molecule is COCCS(=O)(=O)CC(=O)OCc1ccc(C(F)(F)F)cc1. The minimum absolute atomic E-state index is 0.0332. The first-order valence-corrected chi connectivity index (χ1v) is 7.97. The molecule has 1 rings (SSSR count). The fourth-order valence-electron chi connectivity index (χ4n) is 1.46. The molecule has 0 fully saturated rings. The van der Waals surface area contributed by atoms with Gasteiger partial charge in [-0.3, -0.25) is 4.79 Å². The molecule has 124 valence electrons. The zero-order valence-corrected chi connectivity index (χ0v) is 12.5. The number of hydrogen-bond acceptors (Lipinski definition) is 5. The second-order valence-electron chi connectivity index (χ2n) is 4.44. The molecule has 1 aromatic carbocycles. The second kappa shape index (κ2) is 7.59. The van der Waals surface area contributed by atoms with Crippen LogP contribution in [0.1, 0.15) is 11.1 Å². The number of carbonyl (C=O) groups is 1. The molecular weight excluding hydrogens is 325 g/mol. The maximum absolute atomic E-state index is 12.4. The van der Waals surface area contributed by atoms with E-state index in [4.69, 9.17) is 4.74 Å². The summed E-state index contributed by atoms with van der Waals surface area (Å²) in [5.74, 6) is -2.06. The Morgan fingerprint density at radius 2 is 1.77 bits per heavy atom. The van der Waals surface area contributed by atoms with E-state index in [1.165, 1.54) is 7.11 Å². The second-order valence-corrected chi connectivity index (χ2v) is 6.62. The zero-order valence-electron chi connectivity index (χ0n) is 11.7. The van der Waals surface area contributed by atoms with Crippen LogP contribution in [0.2, 0.25) is 0 Å². The van der Waals surface area contributed by atoms with Crippen molar-refractivity contribution in [1.82, 2.24) is 0 Å². The van der Waals surface area contributed by atoms with Gasteiger partial charge in [0.05, 0.1) is 17.9 Å². The lowest BCUT2D eigenvalue weighted by Gasteiger charge is -2.08. The van der Waals surface area contributed by atoms with Crippen molar-refractivity contribution < 1.29 is 35.9 Å². The summed E-state index contributed by atoms with van der Waals surface area (Å²) >= 11 is 0. The zero-order chi connectivity index (χ0) is 16.8. The van der Waals surface area contributed by atoms with Crippen LogP contribution >= 0.6 is 0 Å². The van der Waals surface area contributed by atoms with E-state index in [0.29, 0.717) is 5.56 Å². The molecule has 0 bridgehead atoms. The number of methoxy groups -OCH3 is 1. The van der Waals surface area contributed by atoms with E-state index in [2.05, 4.69) is 4.74 Å². The Labute approximate surface area is 125 Å². The lowest BCUT2D eigenvalue weighted by Crippen LogP contribution is -2.22. The van der Waals surface area contributed by atoms with Gasteiger partial charge in [0.1, 0.15) is 12.4 Å². The number of benzene rings is 1. The highest BCUT2D eigenvalue weighted by Crippen LogP contribution is 2.29. The van der Waals surface area contributed by atoms with Crippen LogP contribution < -0.4 is 0 Å². The molecule has 1 aromatic rings. The normalized spacial score (nSPS) is 12.2. The molecule has 0 aliphatic rings. The maximum atomic E-state index is 12.4. The van der Waals surface area contributed by atoms with E-state index < -0.39 is 33.3 Å². The van der Waals surface area contributed by atoms with E-state index in [1.807, 2.05) is 0 Å². The third-order valence-electron chi connectivity index (χ3n) is 2.62. The Morgan fingerprint density at radius 1 is 1.18 bits per heavy atom. The van der Waals surface area contributed by atoms with Crippen LogP contribution in [0.4, 0.5) is 13.2 Å². The predicted octanol–water partition coefficient (Wildman–Crippen LogP) is 1.81. The Hall–Kier alpha value is -1.61. The summed E-state index contributed by atoms with van der Waals surface area (Å²) < 4.78 is 69.3. The summed E-state index contributed by atoms with van der Waals surface area (Å²) in [6, 6.07) is 4.04. The minimum atomic E-state index is -4.44. The summed E-state index contributed by atoms with van der Waals surface area (Å²) in [4.78, 5) is 11.4. The minimum Gasteiger partial charge on any atom is -0.460 e. The van der Waals surface area contributed by atoms with Gasteiger partial charge in [-0.15, -0.1) is 0 Å². The van der Waals surface area contributed by atoms with E-state index in [1.54, 1.807) is 0 Å². The average molecular weight is 340 g/mol. The molecule has 0 spiro atoms. The number of ether oxygens (including phenoxy) is 2. The Morgan fingerprint density at radius 3 is 2.27 bits per heavy atom. The molecule has 0 heterocycles.